The molecule has 0 aliphatic carbocycles. The van der Waals surface area contributed by atoms with Gasteiger partial charge < -0.3 is 9.47 Å². The molecule has 0 radical (unpaired) electrons. The lowest BCUT2D eigenvalue weighted by Crippen LogP contribution is -2.32. The van der Waals surface area contributed by atoms with Crippen LogP contribution in [-0.2, 0) is 30.4 Å². The van der Waals surface area contributed by atoms with Gasteiger partial charge in [0.2, 0.25) is 0 Å². The Labute approximate surface area is 139 Å². The normalized spacial score (nSPS) is 22.1. The van der Waals surface area contributed by atoms with Crippen molar-refractivity contribution in [2.24, 2.45) is 0 Å². The number of rotatable bonds is 9. The molecule has 1 aromatic carbocycles. The third kappa shape index (κ3) is 7.92. The lowest BCUT2D eigenvalue weighted by atomic mass is 10.0. The first-order chi connectivity index (χ1) is 11.0. The third-order valence-electron chi connectivity index (χ3n) is 3.83. The highest BCUT2D eigenvalue weighted by molar-refractivity contribution is 7.85. The molecule has 0 saturated carbocycles. The van der Waals surface area contributed by atoms with Crippen molar-refractivity contribution in [2.75, 3.05) is 19.5 Å². The molecular formula is C17H26O5S. The first-order valence-corrected chi connectivity index (χ1v) is 9.96. The smallest absolute Gasteiger partial charge is 0.264 e. The van der Waals surface area contributed by atoms with E-state index in [-0.39, 0.29) is 18.8 Å². The van der Waals surface area contributed by atoms with E-state index in [2.05, 4.69) is 12.1 Å². The molecule has 2 atom stereocenters. The van der Waals surface area contributed by atoms with Crippen LogP contribution in [0.4, 0.5) is 0 Å². The fourth-order valence-corrected chi connectivity index (χ4v) is 3.09. The van der Waals surface area contributed by atoms with Gasteiger partial charge in [0.05, 0.1) is 31.7 Å². The predicted octanol–water partition coefficient (Wildman–Crippen LogP) is 2.90. The summed E-state index contributed by atoms with van der Waals surface area (Å²) < 4.78 is 38.4. The summed E-state index contributed by atoms with van der Waals surface area (Å²) in [4.78, 5) is 0. The maximum Gasteiger partial charge on any atom is 0.264 e. The first kappa shape index (κ1) is 18.4. The summed E-state index contributed by atoms with van der Waals surface area (Å²) in [6.07, 6.45) is 5.93. The lowest BCUT2D eigenvalue weighted by Gasteiger charge is -2.29. The topological polar surface area (TPSA) is 61.8 Å². The number of benzene rings is 1. The van der Waals surface area contributed by atoms with Crippen molar-refractivity contribution in [2.45, 2.75) is 50.9 Å². The van der Waals surface area contributed by atoms with Crippen LogP contribution in [0, 0.1) is 0 Å². The summed E-state index contributed by atoms with van der Waals surface area (Å²) in [6, 6.07) is 10.1. The van der Waals surface area contributed by atoms with E-state index >= 15 is 0 Å². The number of hydrogen-bond donors (Lipinski definition) is 0. The predicted molar refractivity (Wildman–Crippen MR) is 88.6 cm³/mol. The standard InChI is InChI=1S/C17H26O5S/c1-23(18,19)21-14-17-10-5-9-16(22-17)11-6-12-20-13-15-7-3-2-4-8-15/h2-4,7-8,16-17H,5-6,9-14H2,1H3/t16-,17-/m1/s1. The van der Waals surface area contributed by atoms with Gasteiger partial charge >= 0.3 is 0 Å². The summed E-state index contributed by atoms with van der Waals surface area (Å²) in [5, 5.41) is 0. The second-order valence-corrected chi connectivity index (χ2v) is 7.62. The molecule has 23 heavy (non-hydrogen) atoms. The summed E-state index contributed by atoms with van der Waals surface area (Å²) in [5.41, 5.74) is 1.18. The molecule has 5 nitrogen and oxygen atoms in total. The Morgan fingerprint density at radius 2 is 1.91 bits per heavy atom. The van der Waals surface area contributed by atoms with Crippen LogP contribution in [-0.4, -0.2) is 40.1 Å². The van der Waals surface area contributed by atoms with Crippen molar-refractivity contribution in [3.8, 4) is 0 Å². The van der Waals surface area contributed by atoms with Gasteiger partial charge in [0.15, 0.2) is 0 Å². The molecule has 130 valence electrons. The van der Waals surface area contributed by atoms with Crippen LogP contribution < -0.4 is 0 Å². The molecule has 1 fully saturated rings. The molecule has 1 aliphatic heterocycles. The van der Waals surface area contributed by atoms with Crippen molar-refractivity contribution < 1.29 is 22.1 Å². The van der Waals surface area contributed by atoms with Gasteiger partial charge in [-0.2, -0.15) is 8.42 Å². The summed E-state index contributed by atoms with van der Waals surface area (Å²) in [6.45, 7) is 1.47. The minimum absolute atomic E-state index is 0.117. The Morgan fingerprint density at radius 1 is 1.17 bits per heavy atom. The fourth-order valence-electron chi connectivity index (χ4n) is 2.69. The van der Waals surface area contributed by atoms with Gasteiger partial charge in [0.1, 0.15) is 0 Å². The average molecular weight is 342 g/mol. The van der Waals surface area contributed by atoms with Crippen LogP contribution in [0.15, 0.2) is 30.3 Å². The zero-order chi connectivity index (χ0) is 16.5. The zero-order valence-corrected chi connectivity index (χ0v) is 14.5. The van der Waals surface area contributed by atoms with Crippen LogP contribution >= 0.6 is 0 Å². The van der Waals surface area contributed by atoms with Crippen LogP contribution in [0.3, 0.4) is 0 Å². The summed E-state index contributed by atoms with van der Waals surface area (Å²) in [7, 11) is -3.39. The zero-order valence-electron chi connectivity index (χ0n) is 13.6. The Kier molecular flexibility index (Phi) is 7.49. The second-order valence-electron chi connectivity index (χ2n) is 5.98. The van der Waals surface area contributed by atoms with E-state index in [0.29, 0.717) is 13.2 Å². The molecule has 1 aromatic rings. The Hall–Kier alpha value is -0.950. The Bertz CT molecular complexity index is 543. The van der Waals surface area contributed by atoms with Gasteiger partial charge in [0.25, 0.3) is 10.1 Å². The van der Waals surface area contributed by atoms with Gasteiger partial charge in [-0.25, -0.2) is 0 Å². The van der Waals surface area contributed by atoms with Crippen molar-refractivity contribution in [1.82, 2.24) is 0 Å². The van der Waals surface area contributed by atoms with Gasteiger partial charge in [-0.15, -0.1) is 0 Å². The highest BCUT2D eigenvalue weighted by Gasteiger charge is 2.23. The quantitative estimate of drug-likeness (QED) is 0.510. The van der Waals surface area contributed by atoms with Gasteiger partial charge in [-0.3, -0.25) is 4.18 Å². The Morgan fingerprint density at radius 3 is 2.65 bits per heavy atom. The van der Waals surface area contributed by atoms with E-state index in [4.69, 9.17) is 13.7 Å². The van der Waals surface area contributed by atoms with Crippen molar-refractivity contribution in [3.05, 3.63) is 35.9 Å². The van der Waals surface area contributed by atoms with E-state index in [1.54, 1.807) is 0 Å². The van der Waals surface area contributed by atoms with Crippen LogP contribution in [0.25, 0.3) is 0 Å². The van der Waals surface area contributed by atoms with E-state index in [1.807, 2.05) is 18.2 Å². The monoisotopic (exact) mass is 342 g/mol. The summed E-state index contributed by atoms with van der Waals surface area (Å²) >= 11 is 0. The molecule has 2 rings (SSSR count). The molecule has 1 aliphatic rings. The fraction of sp³-hybridized carbons (Fsp3) is 0.647. The minimum atomic E-state index is -3.39. The molecule has 0 amide bonds. The molecule has 0 bridgehead atoms. The van der Waals surface area contributed by atoms with Crippen molar-refractivity contribution >= 4 is 10.1 Å². The highest BCUT2D eigenvalue weighted by Crippen LogP contribution is 2.22. The largest absolute Gasteiger partial charge is 0.377 e. The van der Waals surface area contributed by atoms with Crippen LogP contribution in [0.5, 0.6) is 0 Å². The van der Waals surface area contributed by atoms with E-state index < -0.39 is 10.1 Å². The molecule has 0 unspecified atom stereocenters. The molecule has 0 aromatic heterocycles. The van der Waals surface area contributed by atoms with Crippen LogP contribution in [0.1, 0.15) is 37.7 Å². The van der Waals surface area contributed by atoms with Gasteiger partial charge in [0, 0.05) is 6.61 Å². The average Bonchev–Trinajstić information content (AvgIpc) is 2.53. The molecular weight excluding hydrogens is 316 g/mol. The molecule has 1 heterocycles. The van der Waals surface area contributed by atoms with E-state index in [9.17, 15) is 8.42 Å². The van der Waals surface area contributed by atoms with Crippen LogP contribution in [0.2, 0.25) is 0 Å². The van der Waals surface area contributed by atoms with Crippen molar-refractivity contribution in [3.63, 3.8) is 0 Å². The Balaban J connectivity index is 1.58. The first-order valence-electron chi connectivity index (χ1n) is 8.14. The highest BCUT2D eigenvalue weighted by atomic mass is 32.2. The van der Waals surface area contributed by atoms with Crippen molar-refractivity contribution in [1.29, 1.82) is 0 Å². The van der Waals surface area contributed by atoms with Gasteiger partial charge in [-0.1, -0.05) is 30.3 Å². The van der Waals surface area contributed by atoms with E-state index in [0.717, 1.165) is 38.4 Å². The summed E-state index contributed by atoms with van der Waals surface area (Å²) in [5.74, 6) is 0. The third-order valence-corrected chi connectivity index (χ3v) is 4.40. The number of hydrogen-bond acceptors (Lipinski definition) is 5. The lowest BCUT2D eigenvalue weighted by molar-refractivity contribution is -0.0719. The number of ether oxygens (including phenoxy) is 2. The molecule has 0 spiro atoms. The second kappa shape index (κ2) is 9.37. The van der Waals surface area contributed by atoms with E-state index in [1.165, 1.54) is 5.56 Å². The molecule has 6 heteroatoms. The molecule has 1 saturated heterocycles. The van der Waals surface area contributed by atoms with Gasteiger partial charge in [-0.05, 0) is 37.7 Å². The maximum atomic E-state index is 11.0. The molecule has 0 N–H and O–H groups in total. The minimum Gasteiger partial charge on any atom is -0.377 e. The SMILES string of the molecule is CS(=O)(=O)OC[C@H]1CCC[C@H](CCCOCc2ccccc2)O1. The maximum absolute atomic E-state index is 11.0.